The van der Waals surface area contributed by atoms with Crippen LogP contribution in [0.4, 0.5) is 10.3 Å². The number of ether oxygens (including phenoxy) is 1. The molecule has 0 radical (unpaired) electrons. The number of methoxy groups -OCH3 is 1. The van der Waals surface area contributed by atoms with Crippen LogP contribution in [0.3, 0.4) is 0 Å². The topological polar surface area (TPSA) is 147 Å². The summed E-state index contributed by atoms with van der Waals surface area (Å²) < 4.78 is 18.2. The average molecular weight is 359 g/mol. The van der Waals surface area contributed by atoms with E-state index in [1.165, 1.54) is 0 Å². The molecule has 0 spiro atoms. The summed E-state index contributed by atoms with van der Waals surface area (Å²) in [7, 11) is 0.955. The highest BCUT2D eigenvalue weighted by molar-refractivity contribution is 6.41. The van der Waals surface area contributed by atoms with Crippen LogP contribution >= 0.6 is 0 Å². The lowest BCUT2D eigenvalue weighted by Gasteiger charge is -2.12. The quantitative estimate of drug-likeness (QED) is 0.356. The normalized spacial score (nSPS) is 13.4. The Balaban J connectivity index is 2.12. The number of aromatic hydroxyl groups is 1. The van der Waals surface area contributed by atoms with E-state index < -0.39 is 46.8 Å². The van der Waals surface area contributed by atoms with Gasteiger partial charge >= 0.3 is 5.97 Å². The zero-order valence-corrected chi connectivity index (χ0v) is 13.1. The first kappa shape index (κ1) is 17.1. The van der Waals surface area contributed by atoms with E-state index in [9.17, 15) is 23.9 Å². The highest BCUT2D eigenvalue weighted by Crippen LogP contribution is 2.35. The molecule has 1 atom stereocenters. The van der Waals surface area contributed by atoms with Crippen molar-refractivity contribution < 1.29 is 28.6 Å². The molecule has 132 valence electrons. The van der Waals surface area contributed by atoms with Crippen LogP contribution < -0.4 is 0 Å². The van der Waals surface area contributed by atoms with E-state index >= 15 is 0 Å². The highest BCUT2D eigenvalue weighted by Gasteiger charge is 2.40. The van der Waals surface area contributed by atoms with Gasteiger partial charge in [-0.15, -0.1) is 10.2 Å². The molecule has 1 aromatic heterocycles. The van der Waals surface area contributed by atoms with Gasteiger partial charge in [-0.25, -0.2) is 18.7 Å². The summed E-state index contributed by atoms with van der Waals surface area (Å²) in [6.45, 7) is 0. The fourth-order valence-electron chi connectivity index (χ4n) is 2.38. The molecule has 26 heavy (non-hydrogen) atoms. The van der Waals surface area contributed by atoms with Crippen molar-refractivity contribution >= 4 is 29.4 Å². The Morgan fingerprint density at radius 3 is 2.46 bits per heavy atom. The monoisotopic (exact) mass is 359 g/mol. The summed E-state index contributed by atoms with van der Waals surface area (Å²) in [5.74, 6) is -7.40. The van der Waals surface area contributed by atoms with Crippen molar-refractivity contribution in [2.75, 3.05) is 7.11 Å². The molecule has 3 rings (SSSR count). The molecule has 0 amide bonds. The second kappa shape index (κ2) is 6.27. The lowest BCUT2D eigenvalue weighted by atomic mass is 9.90. The van der Waals surface area contributed by atoms with E-state index in [0.29, 0.717) is 0 Å². The minimum absolute atomic E-state index is 0.0853. The molecule has 0 unspecified atom stereocenters. The zero-order chi connectivity index (χ0) is 19.0. The van der Waals surface area contributed by atoms with E-state index in [4.69, 9.17) is 5.41 Å². The predicted molar refractivity (Wildman–Crippen MR) is 82.0 cm³/mol. The van der Waals surface area contributed by atoms with Crippen LogP contribution in [0, 0.1) is 11.2 Å². The van der Waals surface area contributed by atoms with Crippen molar-refractivity contribution in [3.05, 3.63) is 41.3 Å². The van der Waals surface area contributed by atoms with E-state index in [0.717, 1.165) is 35.9 Å². The summed E-state index contributed by atoms with van der Waals surface area (Å²) >= 11 is 0. The maximum Gasteiger partial charge on any atom is 0.375 e. The first-order valence-corrected chi connectivity index (χ1v) is 7.09. The highest BCUT2D eigenvalue weighted by atomic mass is 19.1. The lowest BCUT2D eigenvalue weighted by molar-refractivity contribution is -0.151. The van der Waals surface area contributed by atoms with Gasteiger partial charge in [-0.1, -0.05) is 0 Å². The van der Waals surface area contributed by atoms with Gasteiger partial charge in [-0.2, -0.15) is 0 Å². The number of rotatable bonds is 5. The molecule has 1 aromatic carbocycles. The van der Waals surface area contributed by atoms with E-state index in [1.807, 2.05) is 0 Å². The summed E-state index contributed by atoms with van der Waals surface area (Å²) in [6, 6.07) is 4.25. The Labute approximate surface area is 144 Å². The molecule has 0 saturated carbocycles. The Bertz CT molecular complexity index is 979. The van der Waals surface area contributed by atoms with Gasteiger partial charge in [0.15, 0.2) is 5.78 Å². The molecule has 0 saturated heterocycles. The van der Waals surface area contributed by atoms with Crippen molar-refractivity contribution in [2.24, 2.45) is 10.2 Å². The molecule has 10 nitrogen and oxygen atoms in total. The van der Waals surface area contributed by atoms with Gasteiger partial charge in [0.25, 0.3) is 17.7 Å². The van der Waals surface area contributed by atoms with Gasteiger partial charge in [0.2, 0.25) is 5.88 Å². The maximum atomic E-state index is 13.1. The lowest BCUT2D eigenvalue weighted by Crippen LogP contribution is -2.30. The number of hydrogen-bond donors (Lipinski definition) is 2. The van der Waals surface area contributed by atoms with Crippen molar-refractivity contribution in [3.8, 4) is 5.88 Å². The molecule has 1 aliphatic rings. The van der Waals surface area contributed by atoms with Crippen LogP contribution in [0.5, 0.6) is 5.88 Å². The van der Waals surface area contributed by atoms with Crippen LogP contribution in [0.2, 0.25) is 0 Å². The number of azo groups is 1. The number of halogens is 1. The molecular formula is C15H10FN5O5. The fourth-order valence-corrected chi connectivity index (χ4v) is 2.38. The largest absolute Gasteiger partial charge is 0.493 e. The number of nitrogens with zero attached hydrogens (tertiary/aromatic N) is 4. The zero-order valence-electron chi connectivity index (χ0n) is 13.1. The number of esters is 1. The van der Waals surface area contributed by atoms with Crippen molar-refractivity contribution in [1.82, 2.24) is 9.55 Å². The third kappa shape index (κ3) is 2.64. The average Bonchev–Trinajstić information content (AvgIpc) is 3.15. The van der Waals surface area contributed by atoms with Gasteiger partial charge in [-0.05, 0) is 24.3 Å². The van der Waals surface area contributed by atoms with E-state index in [2.05, 4.69) is 19.9 Å². The number of fused-ring (bicyclic) bond motifs is 1. The molecule has 0 fully saturated rings. The van der Waals surface area contributed by atoms with Crippen LogP contribution in [-0.2, 0) is 14.3 Å². The van der Waals surface area contributed by atoms with Crippen molar-refractivity contribution in [3.63, 3.8) is 0 Å². The Morgan fingerprint density at radius 2 is 1.88 bits per heavy atom. The number of benzene rings is 1. The van der Waals surface area contributed by atoms with E-state index in [-0.39, 0.29) is 11.5 Å². The number of hydrogen-bond acceptors (Lipinski definition) is 8. The number of imidazole rings is 1. The Hall–Kier alpha value is -3.76. The van der Waals surface area contributed by atoms with Gasteiger partial charge < -0.3 is 9.84 Å². The van der Waals surface area contributed by atoms with Crippen LogP contribution in [-0.4, -0.2) is 45.3 Å². The summed E-state index contributed by atoms with van der Waals surface area (Å²) in [5, 5.41) is 24.7. The molecule has 2 N–H and O–H groups in total. The Morgan fingerprint density at radius 1 is 1.23 bits per heavy atom. The number of nitrogens with one attached hydrogen (secondary N) is 1. The van der Waals surface area contributed by atoms with Gasteiger partial charge in [-0.3, -0.25) is 15.0 Å². The standard InChI is InChI=1S/C15H10FN5O5/c1-26-13(25)11(23)8(10(22)6-2-4-7(16)5-3-6)9-12(24)21-14(17)19-20-15(21)18-9/h2-5,8,17,24H,1H3/t8-/m0/s1. The number of carbonyl (C=O) groups excluding carboxylic acids is 3. The molecule has 0 aliphatic carbocycles. The van der Waals surface area contributed by atoms with Crippen molar-refractivity contribution in [1.29, 1.82) is 5.41 Å². The first-order valence-electron chi connectivity index (χ1n) is 7.09. The smallest absolute Gasteiger partial charge is 0.375 e. The SMILES string of the molecule is COC(=O)C(=O)[C@H](C(=O)c1ccc(F)cc1)c1nc2n(c1O)C(=N)N=N2. The van der Waals surface area contributed by atoms with Crippen LogP contribution in [0.15, 0.2) is 34.5 Å². The summed E-state index contributed by atoms with van der Waals surface area (Å²) in [6.07, 6.45) is 0. The molecule has 2 aromatic rings. The van der Waals surface area contributed by atoms with Crippen LogP contribution in [0.25, 0.3) is 0 Å². The first-order chi connectivity index (χ1) is 12.3. The van der Waals surface area contributed by atoms with Crippen molar-refractivity contribution in [2.45, 2.75) is 5.92 Å². The Kier molecular flexibility index (Phi) is 4.12. The molecular weight excluding hydrogens is 349 g/mol. The minimum atomic E-state index is -1.85. The fraction of sp³-hybridized carbons (Fsp3) is 0.133. The minimum Gasteiger partial charge on any atom is -0.493 e. The summed E-state index contributed by atoms with van der Waals surface area (Å²) in [4.78, 5) is 40.7. The predicted octanol–water partition coefficient (Wildman–Crippen LogP) is 1.32. The van der Waals surface area contributed by atoms with E-state index in [1.54, 1.807) is 0 Å². The molecule has 2 heterocycles. The number of carbonyl (C=O) groups is 3. The maximum absolute atomic E-state index is 13.1. The number of ketones is 2. The molecule has 11 heteroatoms. The van der Waals surface area contributed by atoms with Gasteiger partial charge in [0.05, 0.1) is 7.11 Å². The third-order valence-corrected chi connectivity index (χ3v) is 3.62. The second-order valence-corrected chi connectivity index (χ2v) is 5.14. The molecule has 1 aliphatic heterocycles. The number of Topliss-reactive ketones (excluding diaryl/α,β-unsaturated/α-hetero) is 2. The van der Waals surface area contributed by atoms with Gasteiger partial charge in [0.1, 0.15) is 17.4 Å². The molecule has 0 bridgehead atoms. The second-order valence-electron chi connectivity index (χ2n) is 5.14. The number of aromatic nitrogens is 2. The van der Waals surface area contributed by atoms with Crippen LogP contribution in [0.1, 0.15) is 22.0 Å². The third-order valence-electron chi connectivity index (χ3n) is 3.62. The summed E-state index contributed by atoms with van der Waals surface area (Å²) in [5.41, 5.74) is -0.564. The van der Waals surface area contributed by atoms with Gasteiger partial charge in [0, 0.05) is 5.56 Å².